The van der Waals surface area contributed by atoms with Gasteiger partial charge in [-0.1, -0.05) is 68.7 Å². The molecule has 0 unspecified atom stereocenters. The summed E-state index contributed by atoms with van der Waals surface area (Å²) < 4.78 is 0. The van der Waals surface area contributed by atoms with Crippen molar-refractivity contribution in [2.75, 3.05) is 5.32 Å². The monoisotopic (exact) mass is 408 g/mol. The number of aromatic nitrogens is 2. The van der Waals surface area contributed by atoms with Crippen molar-refractivity contribution in [3.63, 3.8) is 0 Å². The van der Waals surface area contributed by atoms with E-state index in [9.17, 15) is 9.59 Å². The molecule has 2 aromatic rings. The summed E-state index contributed by atoms with van der Waals surface area (Å²) in [5.41, 5.74) is 0.840. The van der Waals surface area contributed by atoms with Gasteiger partial charge in [0.25, 0.3) is 0 Å². The zero-order chi connectivity index (χ0) is 19.8. The van der Waals surface area contributed by atoms with Gasteiger partial charge in [-0.15, -0.1) is 10.2 Å². The fourth-order valence-corrected chi connectivity index (χ4v) is 3.41. The number of anilines is 1. The van der Waals surface area contributed by atoms with Gasteiger partial charge in [-0.05, 0) is 24.5 Å². The predicted octanol–water partition coefficient (Wildman–Crippen LogP) is 4.52. The Labute approximate surface area is 168 Å². The van der Waals surface area contributed by atoms with E-state index in [0.717, 1.165) is 24.8 Å². The van der Waals surface area contributed by atoms with Gasteiger partial charge in [-0.25, -0.2) is 0 Å². The minimum Gasteiger partial charge on any atom is -0.344 e. The number of benzene rings is 1. The van der Waals surface area contributed by atoms with Gasteiger partial charge in [0.1, 0.15) is 11.0 Å². The lowest BCUT2D eigenvalue weighted by molar-refractivity contribution is -0.127. The van der Waals surface area contributed by atoms with Crippen LogP contribution < -0.4 is 10.6 Å². The van der Waals surface area contributed by atoms with Crippen molar-refractivity contribution >= 4 is 39.9 Å². The third-order valence-corrected chi connectivity index (χ3v) is 5.42. The molecular formula is C19H25ClN4O2S. The van der Waals surface area contributed by atoms with Crippen LogP contribution in [-0.4, -0.2) is 28.1 Å². The van der Waals surface area contributed by atoms with Gasteiger partial charge < -0.3 is 5.32 Å². The van der Waals surface area contributed by atoms with Gasteiger partial charge in [-0.2, -0.15) is 0 Å². The van der Waals surface area contributed by atoms with Crippen molar-refractivity contribution in [2.24, 2.45) is 5.92 Å². The molecule has 1 aromatic heterocycles. The highest BCUT2D eigenvalue weighted by Gasteiger charge is 2.26. The van der Waals surface area contributed by atoms with Crippen LogP contribution in [0.2, 0.25) is 5.02 Å². The molecule has 2 amide bonds. The highest BCUT2D eigenvalue weighted by atomic mass is 35.5. The number of halogens is 1. The maximum absolute atomic E-state index is 12.7. The highest BCUT2D eigenvalue weighted by Crippen LogP contribution is 2.28. The second-order valence-corrected chi connectivity index (χ2v) is 7.86. The Hall–Kier alpha value is -1.99. The lowest BCUT2D eigenvalue weighted by Crippen LogP contribution is -2.47. The molecule has 1 aromatic carbocycles. The molecule has 0 aliphatic rings. The van der Waals surface area contributed by atoms with E-state index in [4.69, 9.17) is 11.6 Å². The van der Waals surface area contributed by atoms with Crippen LogP contribution in [0.15, 0.2) is 24.3 Å². The summed E-state index contributed by atoms with van der Waals surface area (Å²) in [6.07, 6.45) is 2.94. The van der Waals surface area contributed by atoms with E-state index in [1.165, 1.54) is 11.3 Å². The van der Waals surface area contributed by atoms with Crippen LogP contribution >= 0.6 is 22.9 Å². The third-order valence-electron chi connectivity index (χ3n) is 4.30. The Morgan fingerprint density at radius 3 is 2.70 bits per heavy atom. The zero-order valence-corrected chi connectivity index (χ0v) is 17.4. The van der Waals surface area contributed by atoms with Crippen LogP contribution in [0.5, 0.6) is 0 Å². The summed E-state index contributed by atoms with van der Waals surface area (Å²) in [5, 5.41) is 15.5. The van der Waals surface area contributed by atoms with Crippen molar-refractivity contribution in [1.29, 1.82) is 0 Å². The van der Waals surface area contributed by atoms with E-state index in [0.29, 0.717) is 21.6 Å². The van der Waals surface area contributed by atoms with E-state index in [-0.39, 0.29) is 17.7 Å². The minimum absolute atomic E-state index is 0.0101. The minimum atomic E-state index is -0.599. The third kappa shape index (κ3) is 6.29. The number of nitrogens with zero attached hydrogens (tertiary/aromatic N) is 2. The fourth-order valence-electron chi connectivity index (χ4n) is 2.48. The number of amides is 2. The van der Waals surface area contributed by atoms with Crippen molar-refractivity contribution in [2.45, 2.75) is 52.5 Å². The van der Waals surface area contributed by atoms with Crippen molar-refractivity contribution in [1.82, 2.24) is 15.5 Å². The Kier molecular flexibility index (Phi) is 8.19. The van der Waals surface area contributed by atoms with Crippen LogP contribution in [0.1, 0.15) is 46.5 Å². The Morgan fingerprint density at radius 1 is 1.26 bits per heavy atom. The van der Waals surface area contributed by atoms with Gasteiger partial charge in [0.15, 0.2) is 0 Å². The molecule has 0 aliphatic carbocycles. The van der Waals surface area contributed by atoms with Gasteiger partial charge in [0.05, 0.1) is 0 Å². The molecule has 2 N–H and O–H groups in total. The SMILES string of the molecule is CCCCC(=O)N[C@H](C(=O)Nc1nnc(-c2cccc(Cl)c2)s1)[C@H](C)CC. The maximum atomic E-state index is 12.7. The summed E-state index contributed by atoms with van der Waals surface area (Å²) >= 11 is 7.28. The zero-order valence-electron chi connectivity index (χ0n) is 15.8. The summed E-state index contributed by atoms with van der Waals surface area (Å²) in [7, 11) is 0. The number of hydrogen-bond acceptors (Lipinski definition) is 5. The Bertz CT molecular complexity index is 781. The largest absolute Gasteiger partial charge is 0.344 e. The van der Waals surface area contributed by atoms with Crippen LogP contribution in [0.3, 0.4) is 0 Å². The number of unbranched alkanes of at least 4 members (excludes halogenated alkanes) is 1. The molecule has 6 nitrogen and oxygen atoms in total. The van der Waals surface area contributed by atoms with Gasteiger partial charge in [-0.3, -0.25) is 14.9 Å². The number of carbonyl (C=O) groups excluding carboxylic acids is 2. The van der Waals surface area contributed by atoms with E-state index >= 15 is 0 Å². The van der Waals surface area contributed by atoms with Crippen LogP contribution in [0.25, 0.3) is 10.6 Å². The Morgan fingerprint density at radius 2 is 2.04 bits per heavy atom. The first-order chi connectivity index (χ1) is 12.9. The Balaban J connectivity index is 2.07. The fraction of sp³-hybridized carbons (Fsp3) is 0.474. The van der Waals surface area contributed by atoms with E-state index < -0.39 is 6.04 Å². The molecule has 27 heavy (non-hydrogen) atoms. The molecule has 1 heterocycles. The molecule has 0 bridgehead atoms. The molecule has 8 heteroatoms. The van der Waals surface area contributed by atoms with E-state index in [2.05, 4.69) is 20.8 Å². The molecule has 0 radical (unpaired) electrons. The number of carbonyl (C=O) groups is 2. The average Bonchev–Trinajstić information content (AvgIpc) is 3.12. The maximum Gasteiger partial charge on any atom is 0.249 e. The highest BCUT2D eigenvalue weighted by molar-refractivity contribution is 7.18. The molecule has 2 atom stereocenters. The van der Waals surface area contributed by atoms with Crippen LogP contribution in [-0.2, 0) is 9.59 Å². The number of hydrogen-bond donors (Lipinski definition) is 2. The van der Waals surface area contributed by atoms with Crippen LogP contribution in [0.4, 0.5) is 5.13 Å². The molecule has 2 rings (SSSR count). The second-order valence-electron chi connectivity index (χ2n) is 6.45. The second kappa shape index (κ2) is 10.4. The first kappa shape index (κ1) is 21.3. The topological polar surface area (TPSA) is 84.0 Å². The lowest BCUT2D eigenvalue weighted by Gasteiger charge is -2.22. The molecule has 0 saturated carbocycles. The summed E-state index contributed by atoms with van der Waals surface area (Å²) in [4.78, 5) is 24.8. The lowest BCUT2D eigenvalue weighted by atomic mass is 9.98. The van der Waals surface area contributed by atoms with Crippen molar-refractivity contribution in [3.8, 4) is 10.6 Å². The van der Waals surface area contributed by atoms with Gasteiger partial charge >= 0.3 is 0 Å². The van der Waals surface area contributed by atoms with E-state index in [1.54, 1.807) is 12.1 Å². The average molecular weight is 409 g/mol. The first-order valence-corrected chi connectivity index (χ1v) is 10.3. The smallest absolute Gasteiger partial charge is 0.249 e. The molecular weight excluding hydrogens is 384 g/mol. The molecule has 0 fully saturated rings. The van der Waals surface area contributed by atoms with Gasteiger partial charge in [0, 0.05) is 17.0 Å². The van der Waals surface area contributed by atoms with Gasteiger partial charge in [0.2, 0.25) is 16.9 Å². The normalized spacial score (nSPS) is 13.0. The first-order valence-electron chi connectivity index (χ1n) is 9.14. The summed E-state index contributed by atoms with van der Waals surface area (Å²) in [6.45, 7) is 5.96. The summed E-state index contributed by atoms with van der Waals surface area (Å²) in [5.74, 6) is -0.368. The molecule has 0 spiro atoms. The van der Waals surface area contributed by atoms with Crippen molar-refractivity contribution < 1.29 is 9.59 Å². The van der Waals surface area contributed by atoms with Crippen molar-refractivity contribution in [3.05, 3.63) is 29.3 Å². The number of nitrogens with one attached hydrogen (secondary N) is 2. The van der Waals surface area contributed by atoms with E-state index in [1.807, 2.05) is 32.9 Å². The van der Waals surface area contributed by atoms with Crippen LogP contribution in [0, 0.1) is 5.92 Å². The predicted molar refractivity (Wildman–Crippen MR) is 110 cm³/mol. The standard InChI is InChI=1S/C19H25ClN4O2S/c1-4-6-10-15(25)21-16(12(3)5-2)17(26)22-19-24-23-18(27-19)13-8-7-9-14(20)11-13/h7-9,11-12,16H,4-6,10H2,1-3H3,(H,21,25)(H,22,24,26)/t12-,16+/m1/s1. The molecule has 0 aliphatic heterocycles. The summed E-state index contributed by atoms with van der Waals surface area (Å²) in [6, 6.07) is 6.70. The quantitative estimate of drug-likeness (QED) is 0.638. The number of rotatable bonds is 9. The molecule has 0 saturated heterocycles. The molecule has 146 valence electrons.